The van der Waals surface area contributed by atoms with Crippen LogP contribution in [0.4, 0.5) is 0 Å². The van der Waals surface area contributed by atoms with E-state index in [1.165, 1.54) is 6.33 Å². The van der Waals surface area contributed by atoms with Gasteiger partial charge in [-0.05, 0) is 12.1 Å². The molecule has 0 bridgehead atoms. The predicted octanol–water partition coefficient (Wildman–Crippen LogP) is 0.297. The molecule has 0 unspecified atom stereocenters. The Morgan fingerprint density at radius 2 is 2.36 bits per heavy atom. The molecule has 2 rings (SSSR count). The van der Waals surface area contributed by atoms with Crippen molar-refractivity contribution in [2.75, 3.05) is 0 Å². The predicted molar refractivity (Wildman–Crippen MR) is 55.0 cm³/mol. The van der Waals surface area contributed by atoms with Gasteiger partial charge in [-0.1, -0.05) is 12.2 Å². The fraction of sp³-hybridized carbons (Fsp3) is 0. The SMILES string of the molecule is NC(=S)c1cc(-n2cncn2)ccn1. The van der Waals surface area contributed by atoms with E-state index in [4.69, 9.17) is 18.0 Å². The van der Waals surface area contributed by atoms with Crippen molar-refractivity contribution >= 4 is 17.2 Å². The zero-order valence-corrected chi connectivity index (χ0v) is 7.98. The number of nitrogens with zero attached hydrogens (tertiary/aromatic N) is 4. The van der Waals surface area contributed by atoms with E-state index in [0.29, 0.717) is 5.69 Å². The first-order chi connectivity index (χ1) is 6.77. The maximum atomic E-state index is 5.46. The lowest BCUT2D eigenvalue weighted by molar-refractivity contribution is 0.875. The highest BCUT2D eigenvalue weighted by atomic mass is 32.1. The van der Waals surface area contributed by atoms with Crippen molar-refractivity contribution in [2.24, 2.45) is 5.73 Å². The quantitative estimate of drug-likeness (QED) is 0.714. The number of rotatable bonds is 2. The fourth-order valence-electron chi connectivity index (χ4n) is 1.04. The molecule has 5 nitrogen and oxygen atoms in total. The van der Waals surface area contributed by atoms with E-state index in [1.54, 1.807) is 29.3 Å². The molecule has 0 amide bonds. The van der Waals surface area contributed by atoms with Gasteiger partial charge in [0.05, 0.1) is 11.4 Å². The van der Waals surface area contributed by atoms with E-state index in [-0.39, 0.29) is 4.99 Å². The molecule has 0 fully saturated rings. The van der Waals surface area contributed by atoms with Gasteiger partial charge in [-0.25, -0.2) is 9.67 Å². The molecule has 2 aromatic heterocycles. The first kappa shape index (κ1) is 8.76. The Hall–Kier alpha value is -1.82. The van der Waals surface area contributed by atoms with E-state index in [2.05, 4.69) is 15.1 Å². The monoisotopic (exact) mass is 205 g/mol. The normalized spacial score (nSPS) is 10.0. The third kappa shape index (κ3) is 1.60. The summed E-state index contributed by atoms with van der Waals surface area (Å²) in [4.78, 5) is 8.13. The third-order valence-corrected chi connectivity index (χ3v) is 1.89. The average molecular weight is 205 g/mol. The van der Waals surface area contributed by atoms with Crippen LogP contribution in [0.1, 0.15) is 5.69 Å². The molecule has 0 atom stereocenters. The first-order valence-corrected chi connectivity index (χ1v) is 4.29. The van der Waals surface area contributed by atoms with Gasteiger partial charge >= 0.3 is 0 Å². The van der Waals surface area contributed by atoms with Crippen LogP contribution in [0.5, 0.6) is 0 Å². The van der Waals surface area contributed by atoms with Crippen LogP contribution in [0.25, 0.3) is 5.69 Å². The molecule has 2 heterocycles. The Kier molecular flexibility index (Phi) is 2.19. The average Bonchev–Trinajstić information content (AvgIpc) is 2.71. The zero-order chi connectivity index (χ0) is 9.97. The minimum atomic E-state index is 0.270. The summed E-state index contributed by atoms with van der Waals surface area (Å²) in [5, 5.41) is 3.98. The molecule has 70 valence electrons. The summed E-state index contributed by atoms with van der Waals surface area (Å²) in [7, 11) is 0. The molecule has 0 saturated heterocycles. The van der Waals surface area contributed by atoms with Crippen LogP contribution in [0.2, 0.25) is 0 Å². The second kappa shape index (κ2) is 3.51. The Morgan fingerprint density at radius 3 is 3.00 bits per heavy atom. The highest BCUT2D eigenvalue weighted by molar-refractivity contribution is 7.80. The summed E-state index contributed by atoms with van der Waals surface area (Å²) in [5.41, 5.74) is 6.87. The van der Waals surface area contributed by atoms with Crippen molar-refractivity contribution in [2.45, 2.75) is 0 Å². The topological polar surface area (TPSA) is 69.6 Å². The molecular formula is C8H7N5S. The van der Waals surface area contributed by atoms with E-state index in [9.17, 15) is 0 Å². The standard InChI is InChI=1S/C8H7N5S/c9-8(14)7-3-6(1-2-11-7)13-5-10-4-12-13/h1-5H,(H2,9,14). The van der Waals surface area contributed by atoms with Gasteiger partial charge in [-0.2, -0.15) is 5.10 Å². The summed E-state index contributed by atoms with van der Waals surface area (Å²) in [6.45, 7) is 0. The molecule has 2 aromatic rings. The number of pyridine rings is 1. The minimum Gasteiger partial charge on any atom is -0.388 e. The van der Waals surface area contributed by atoms with Crippen molar-refractivity contribution in [1.82, 2.24) is 19.7 Å². The Bertz CT molecular complexity index is 451. The largest absolute Gasteiger partial charge is 0.388 e. The van der Waals surface area contributed by atoms with Gasteiger partial charge in [0.2, 0.25) is 0 Å². The van der Waals surface area contributed by atoms with Crippen molar-refractivity contribution in [3.63, 3.8) is 0 Å². The molecule has 14 heavy (non-hydrogen) atoms. The zero-order valence-electron chi connectivity index (χ0n) is 7.16. The number of aromatic nitrogens is 4. The number of hydrogen-bond acceptors (Lipinski definition) is 4. The molecule has 0 radical (unpaired) electrons. The molecule has 0 aliphatic rings. The second-order valence-electron chi connectivity index (χ2n) is 2.60. The van der Waals surface area contributed by atoms with Gasteiger partial charge in [0.15, 0.2) is 0 Å². The maximum absolute atomic E-state index is 5.46. The Morgan fingerprint density at radius 1 is 1.50 bits per heavy atom. The number of nitrogens with two attached hydrogens (primary N) is 1. The van der Waals surface area contributed by atoms with Crippen LogP contribution in [0, 0.1) is 0 Å². The summed E-state index contributed by atoms with van der Waals surface area (Å²) < 4.78 is 1.61. The third-order valence-electron chi connectivity index (χ3n) is 1.68. The molecule has 0 aliphatic carbocycles. The van der Waals surface area contributed by atoms with Gasteiger partial charge in [-0.15, -0.1) is 0 Å². The lowest BCUT2D eigenvalue weighted by Gasteiger charge is -2.01. The number of thiocarbonyl (C=S) groups is 1. The fourth-order valence-corrected chi connectivity index (χ4v) is 1.15. The van der Waals surface area contributed by atoms with Gasteiger partial charge < -0.3 is 5.73 Å². The van der Waals surface area contributed by atoms with Gasteiger partial charge in [0.1, 0.15) is 17.6 Å². The van der Waals surface area contributed by atoms with Gasteiger partial charge in [0, 0.05) is 6.20 Å². The van der Waals surface area contributed by atoms with Gasteiger partial charge in [0.25, 0.3) is 0 Å². The molecule has 0 spiro atoms. The van der Waals surface area contributed by atoms with Crippen molar-refractivity contribution in [3.05, 3.63) is 36.7 Å². The van der Waals surface area contributed by atoms with Crippen LogP contribution in [-0.4, -0.2) is 24.7 Å². The number of hydrogen-bond donors (Lipinski definition) is 1. The van der Waals surface area contributed by atoms with Crippen LogP contribution in [0.15, 0.2) is 31.0 Å². The summed E-state index contributed by atoms with van der Waals surface area (Å²) in [6, 6.07) is 3.56. The molecule has 2 N–H and O–H groups in total. The van der Waals surface area contributed by atoms with Crippen LogP contribution < -0.4 is 5.73 Å². The second-order valence-corrected chi connectivity index (χ2v) is 3.04. The van der Waals surface area contributed by atoms with Crippen molar-refractivity contribution < 1.29 is 0 Å². The maximum Gasteiger partial charge on any atom is 0.138 e. The highest BCUT2D eigenvalue weighted by Crippen LogP contribution is 2.05. The molecule has 0 saturated carbocycles. The minimum absolute atomic E-state index is 0.270. The highest BCUT2D eigenvalue weighted by Gasteiger charge is 2.01. The summed E-state index contributed by atoms with van der Waals surface area (Å²) in [5.74, 6) is 0. The lowest BCUT2D eigenvalue weighted by atomic mass is 10.3. The smallest absolute Gasteiger partial charge is 0.138 e. The van der Waals surface area contributed by atoms with E-state index < -0.39 is 0 Å². The lowest BCUT2D eigenvalue weighted by Crippen LogP contribution is -2.12. The van der Waals surface area contributed by atoms with E-state index in [0.717, 1.165) is 5.69 Å². The van der Waals surface area contributed by atoms with E-state index in [1.807, 2.05) is 0 Å². The van der Waals surface area contributed by atoms with Crippen LogP contribution >= 0.6 is 12.2 Å². The summed E-state index contributed by atoms with van der Waals surface area (Å²) >= 11 is 4.82. The van der Waals surface area contributed by atoms with Crippen LogP contribution in [-0.2, 0) is 0 Å². The Balaban J connectivity index is 2.46. The summed E-state index contributed by atoms with van der Waals surface area (Å²) in [6.07, 6.45) is 4.69. The van der Waals surface area contributed by atoms with Crippen molar-refractivity contribution in [1.29, 1.82) is 0 Å². The van der Waals surface area contributed by atoms with Crippen LogP contribution in [0.3, 0.4) is 0 Å². The molecular weight excluding hydrogens is 198 g/mol. The van der Waals surface area contributed by atoms with Gasteiger partial charge in [-0.3, -0.25) is 4.98 Å². The first-order valence-electron chi connectivity index (χ1n) is 3.88. The van der Waals surface area contributed by atoms with Crippen molar-refractivity contribution in [3.8, 4) is 5.69 Å². The van der Waals surface area contributed by atoms with E-state index >= 15 is 0 Å². The molecule has 6 heteroatoms. The molecule has 0 aromatic carbocycles. The Labute approximate surface area is 85.6 Å². The molecule has 0 aliphatic heterocycles.